The Balaban J connectivity index is 2.30. The van der Waals surface area contributed by atoms with E-state index in [1.807, 2.05) is 0 Å². The fourth-order valence-electron chi connectivity index (χ4n) is 1.76. The third-order valence-electron chi connectivity index (χ3n) is 2.87. The Morgan fingerprint density at radius 2 is 2.20 bits per heavy atom. The van der Waals surface area contributed by atoms with Crippen molar-refractivity contribution in [1.82, 2.24) is 14.5 Å². The van der Waals surface area contributed by atoms with Crippen LogP contribution in [0.4, 0.5) is 5.69 Å². The van der Waals surface area contributed by atoms with E-state index < -0.39 is 10.0 Å². The van der Waals surface area contributed by atoms with Gasteiger partial charge in [-0.05, 0) is 12.1 Å². The molecule has 3 N–H and O–H groups in total. The number of hydrogen-bond donors (Lipinski definition) is 2. The van der Waals surface area contributed by atoms with Crippen LogP contribution in [0.15, 0.2) is 35.5 Å². The lowest BCUT2D eigenvalue weighted by molar-refractivity contribution is 0.414. The summed E-state index contributed by atoms with van der Waals surface area (Å²) in [6.45, 7) is 0.213. The number of methoxy groups -OCH3 is 1. The largest absolute Gasteiger partial charge is 0.497 e. The Bertz CT molecular complexity index is 683. The lowest BCUT2D eigenvalue weighted by Crippen LogP contribution is -2.27. The van der Waals surface area contributed by atoms with Gasteiger partial charge < -0.3 is 10.5 Å². The molecule has 0 amide bonds. The number of ether oxygens (including phenoxy) is 1. The van der Waals surface area contributed by atoms with Crippen LogP contribution in [0.2, 0.25) is 0 Å². The van der Waals surface area contributed by atoms with Crippen molar-refractivity contribution in [2.45, 2.75) is 11.4 Å². The molecule has 0 unspecified atom stereocenters. The highest BCUT2D eigenvalue weighted by Crippen LogP contribution is 2.26. The molecule has 0 bridgehead atoms. The molecular formula is C12H16N4O3S. The summed E-state index contributed by atoms with van der Waals surface area (Å²) in [5.41, 5.74) is 6.71. The minimum absolute atomic E-state index is 0.0595. The number of anilines is 1. The lowest BCUT2D eigenvalue weighted by Gasteiger charge is -2.18. The summed E-state index contributed by atoms with van der Waals surface area (Å²) in [6, 6.07) is 4.49. The molecule has 20 heavy (non-hydrogen) atoms. The molecule has 2 aromatic rings. The highest BCUT2D eigenvalue weighted by Gasteiger charge is 2.23. The van der Waals surface area contributed by atoms with Gasteiger partial charge in [0.15, 0.2) is 0 Å². The van der Waals surface area contributed by atoms with Gasteiger partial charge in [0, 0.05) is 31.4 Å². The van der Waals surface area contributed by atoms with E-state index in [0.29, 0.717) is 5.75 Å². The summed E-state index contributed by atoms with van der Waals surface area (Å²) in [7, 11) is -0.674. The molecule has 0 radical (unpaired) electrons. The molecule has 2 rings (SSSR count). The third kappa shape index (κ3) is 2.75. The Morgan fingerprint density at radius 1 is 1.45 bits per heavy atom. The number of H-pyrrole nitrogens is 1. The number of hydrogen-bond acceptors (Lipinski definition) is 5. The molecule has 7 nitrogen and oxygen atoms in total. The first-order valence-electron chi connectivity index (χ1n) is 5.82. The Kier molecular flexibility index (Phi) is 3.96. The summed E-state index contributed by atoms with van der Waals surface area (Å²) in [4.78, 5) is 0.0595. The number of rotatable bonds is 5. The van der Waals surface area contributed by atoms with E-state index in [-0.39, 0.29) is 17.1 Å². The summed E-state index contributed by atoms with van der Waals surface area (Å²) in [5, 5.41) is 6.42. The molecule has 0 spiro atoms. The first kappa shape index (κ1) is 14.4. The van der Waals surface area contributed by atoms with Crippen LogP contribution in [0.5, 0.6) is 5.75 Å². The number of aromatic nitrogens is 2. The second-order valence-corrected chi connectivity index (χ2v) is 6.28. The third-order valence-corrected chi connectivity index (χ3v) is 4.74. The smallest absolute Gasteiger partial charge is 0.245 e. The van der Waals surface area contributed by atoms with E-state index in [0.717, 1.165) is 5.56 Å². The Labute approximate surface area is 117 Å². The highest BCUT2D eigenvalue weighted by molar-refractivity contribution is 7.89. The van der Waals surface area contributed by atoms with Crippen LogP contribution >= 0.6 is 0 Å². The van der Waals surface area contributed by atoms with E-state index in [1.54, 1.807) is 18.5 Å². The molecule has 0 aliphatic rings. The molecule has 0 saturated heterocycles. The molecule has 0 fully saturated rings. The van der Waals surface area contributed by atoms with Gasteiger partial charge in [-0.2, -0.15) is 9.40 Å². The van der Waals surface area contributed by atoms with Crippen molar-refractivity contribution in [3.8, 4) is 5.75 Å². The van der Waals surface area contributed by atoms with Crippen LogP contribution in [-0.4, -0.2) is 37.1 Å². The van der Waals surface area contributed by atoms with Gasteiger partial charge in [0.05, 0.1) is 19.0 Å². The predicted octanol–water partition coefficient (Wildman–Crippen LogP) is 0.821. The second kappa shape index (κ2) is 5.51. The van der Waals surface area contributed by atoms with Crippen molar-refractivity contribution in [3.05, 3.63) is 36.2 Å². The van der Waals surface area contributed by atoms with Gasteiger partial charge in [0.2, 0.25) is 10.0 Å². The van der Waals surface area contributed by atoms with Crippen LogP contribution < -0.4 is 10.5 Å². The molecule has 0 atom stereocenters. The molecule has 0 aliphatic carbocycles. The zero-order valence-electron chi connectivity index (χ0n) is 11.2. The maximum Gasteiger partial charge on any atom is 0.245 e. The SMILES string of the molecule is COc1ccc(S(=O)(=O)N(C)Cc2cn[nH]c2)c(N)c1. The van der Waals surface area contributed by atoms with Crippen LogP contribution in [-0.2, 0) is 16.6 Å². The number of benzene rings is 1. The molecule has 0 aliphatic heterocycles. The van der Waals surface area contributed by atoms with E-state index in [9.17, 15) is 8.42 Å². The molecular weight excluding hydrogens is 280 g/mol. The van der Waals surface area contributed by atoms with Crippen LogP contribution in [0, 0.1) is 0 Å². The number of aromatic amines is 1. The number of nitrogens with two attached hydrogens (primary N) is 1. The van der Waals surface area contributed by atoms with Crippen LogP contribution in [0.25, 0.3) is 0 Å². The van der Waals surface area contributed by atoms with Gasteiger partial charge >= 0.3 is 0 Å². The quantitative estimate of drug-likeness (QED) is 0.795. The van der Waals surface area contributed by atoms with E-state index in [1.165, 1.54) is 30.6 Å². The molecule has 1 aromatic heterocycles. The average molecular weight is 296 g/mol. The van der Waals surface area contributed by atoms with Gasteiger partial charge in [-0.3, -0.25) is 5.10 Å². The normalized spacial score (nSPS) is 11.8. The highest BCUT2D eigenvalue weighted by atomic mass is 32.2. The fourth-order valence-corrected chi connectivity index (χ4v) is 3.01. The fraction of sp³-hybridized carbons (Fsp3) is 0.250. The summed E-state index contributed by atoms with van der Waals surface area (Å²) in [6.07, 6.45) is 3.22. The van der Waals surface area contributed by atoms with Crippen LogP contribution in [0.3, 0.4) is 0 Å². The minimum Gasteiger partial charge on any atom is -0.497 e. The van der Waals surface area contributed by atoms with Gasteiger partial charge in [-0.25, -0.2) is 8.42 Å². The van der Waals surface area contributed by atoms with Crippen LogP contribution in [0.1, 0.15) is 5.56 Å². The maximum absolute atomic E-state index is 12.5. The second-order valence-electron chi connectivity index (χ2n) is 4.27. The summed E-state index contributed by atoms with van der Waals surface area (Å²) < 4.78 is 31.1. The molecule has 108 valence electrons. The van der Waals surface area contributed by atoms with Crippen molar-refractivity contribution in [3.63, 3.8) is 0 Å². The van der Waals surface area contributed by atoms with Crippen molar-refractivity contribution in [2.24, 2.45) is 0 Å². The summed E-state index contributed by atoms with van der Waals surface area (Å²) >= 11 is 0. The standard InChI is InChI=1S/C12H16N4O3S/c1-16(8-9-6-14-15-7-9)20(17,18)12-4-3-10(19-2)5-11(12)13/h3-7H,8,13H2,1-2H3,(H,14,15). The predicted molar refractivity (Wildman–Crippen MR) is 74.6 cm³/mol. The monoisotopic (exact) mass is 296 g/mol. The lowest BCUT2D eigenvalue weighted by atomic mass is 10.3. The molecule has 8 heteroatoms. The molecule has 1 heterocycles. The number of nitrogens with one attached hydrogen (secondary N) is 1. The molecule has 0 saturated carbocycles. The zero-order chi connectivity index (χ0) is 14.8. The van der Waals surface area contributed by atoms with Gasteiger partial charge in [0.1, 0.15) is 10.6 Å². The summed E-state index contributed by atoms with van der Waals surface area (Å²) in [5.74, 6) is 0.513. The van der Waals surface area contributed by atoms with Crippen molar-refractivity contribution < 1.29 is 13.2 Å². The van der Waals surface area contributed by atoms with E-state index in [2.05, 4.69) is 10.2 Å². The zero-order valence-corrected chi connectivity index (χ0v) is 12.0. The van der Waals surface area contributed by atoms with Gasteiger partial charge in [-0.1, -0.05) is 0 Å². The minimum atomic E-state index is -3.66. The van der Waals surface area contributed by atoms with Crippen molar-refractivity contribution in [1.29, 1.82) is 0 Å². The van der Waals surface area contributed by atoms with Crippen molar-refractivity contribution >= 4 is 15.7 Å². The van der Waals surface area contributed by atoms with Gasteiger partial charge in [-0.15, -0.1) is 0 Å². The van der Waals surface area contributed by atoms with E-state index >= 15 is 0 Å². The van der Waals surface area contributed by atoms with Crippen molar-refractivity contribution in [2.75, 3.05) is 19.9 Å². The molecule has 1 aromatic carbocycles. The van der Waals surface area contributed by atoms with Gasteiger partial charge in [0.25, 0.3) is 0 Å². The first-order chi connectivity index (χ1) is 9.45. The Hall–Kier alpha value is -2.06. The average Bonchev–Trinajstić information content (AvgIpc) is 2.91. The first-order valence-corrected chi connectivity index (χ1v) is 7.26. The topological polar surface area (TPSA) is 101 Å². The number of nitrogen functional groups attached to an aromatic ring is 1. The number of sulfonamides is 1. The van der Waals surface area contributed by atoms with E-state index in [4.69, 9.17) is 10.5 Å². The number of nitrogens with zero attached hydrogens (tertiary/aromatic N) is 2. The Morgan fingerprint density at radius 3 is 2.75 bits per heavy atom. The maximum atomic E-state index is 12.5.